The summed E-state index contributed by atoms with van der Waals surface area (Å²) in [5.74, 6) is 2.00. The second-order valence-electron chi connectivity index (χ2n) is 8.35. The van der Waals surface area contributed by atoms with Crippen LogP contribution in [0.25, 0.3) is 0 Å². The average Bonchev–Trinajstić information content (AvgIpc) is 3.29. The number of para-hydroxylation sites is 1. The first-order chi connectivity index (χ1) is 16.6. The number of amides is 2. The van der Waals surface area contributed by atoms with Gasteiger partial charge < -0.3 is 24.3 Å². The fourth-order valence-corrected chi connectivity index (χ4v) is 3.91. The number of piperidine rings is 1. The van der Waals surface area contributed by atoms with E-state index in [1.54, 1.807) is 11.1 Å². The molecule has 1 atom stereocenters. The van der Waals surface area contributed by atoms with E-state index < -0.39 is 0 Å². The molecule has 178 valence electrons. The van der Waals surface area contributed by atoms with Crippen LogP contribution in [-0.2, 0) is 23.2 Å². The van der Waals surface area contributed by atoms with Gasteiger partial charge in [-0.15, -0.1) is 0 Å². The van der Waals surface area contributed by atoms with Gasteiger partial charge in [-0.25, -0.2) is 4.98 Å². The van der Waals surface area contributed by atoms with Crippen LogP contribution in [0, 0.1) is 5.92 Å². The molecule has 1 aromatic heterocycles. The molecule has 8 heteroatoms. The normalized spacial score (nSPS) is 15.6. The fraction of sp³-hybridized carbons (Fsp3) is 0.346. The van der Waals surface area contributed by atoms with E-state index in [9.17, 15) is 9.59 Å². The van der Waals surface area contributed by atoms with Crippen molar-refractivity contribution in [2.24, 2.45) is 13.0 Å². The number of imidazole rings is 1. The van der Waals surface area contributed by atoms with Gasteiger partial charge in [-0.1, -0.05) is 18.2 Å². The molecule has 1 fully saturated rings. The molecule has 2 amide bonds. The largest absolute Gasteiger partial charge is 0.493 e. The van der Waals surface area contributed by atoms with Gasteiger partial charge in [0.1, 0.15) is 23.9 Å². The molecule has 8 nitrogen and oxygen atoms in total. The van der Waals surface area contributed by atoms with Crippen LogP contribution >= 0.6 is 0 Å². The first-order valence-corrected chi connectivity index (χ1v) is 11.5. The number of rotatable bonds is 9. The Balaban J connectivity index is 1.22. The molecule has 0 bridgehead atoms. The van der Waals surface area contributed by atoms with E-state index in [4.69, 9.17) is 9.47 Å². The number of hydrogen-bond donors (Lipinski definition) is 1. The van der Waals surface area contributed by atoms with Crippen molar-refractivity contribution in [2.45, 2.75) is 25.9 Å². The Bertz CT molecular complexity index is 1080. The van der Waals surface area contributed by atoms with Crippen LogP contribution in [0.3, 0.4) is 0 Å². The van der Waals surface area contributed by atoms with Crippen molar-refractivity contribution in [1.82, 2.24) is 14.5 Å². The lowest BCUT2D eigenvalue weighted by atomic mass is 9.96. The van der Waals surface area contributed by atoms with Gasteiger partial charge in [-0.2, -0.15) is 0 Å². The summed E-state index contributed by atoms with van der Waals surface area (Å²) in [5, 5.41) is 2.97. The van der Waals surface area contributed by atoms with Crippen molar-refractivity contribution in [3.8, 4) is 11.5 Å². The lowest BCUT2D eigenvalue weighted by molar-refractivity contribution is -0.135. The molecule has 1 aliphatic rings. The number of carbonyl (C=O) groups is 2. The number of benzene rings is 2. The molecule has 2 heterocycles. The Kier molecular flexibility index (Phi) is 7.80. The third kappa shape index (κ3) is 6.37. The zero-order valence-electron chi connectivity index (χ0n) is 19.4. The Morgan fingerprint density at radius 1 is 1.06 bits per heavy atom. The van der Waals surface area contributed by atoms with Crippen molar-refractivity contribution >= 4 is 17.5 Å². The van der Waals surface area contributed by atoms with Gasteiger partial charge in [-0.05, 0) is 49.2 Å². The van der Waals surface area contributed by atoms with Crippen molar-refractivity contribution in [3.05, 3.63) is 72.8 Å². The number of nitrogens with one attached hydrogen (secondary N) is 1. The summed E-state index contributed by atoms with van der Waals surface area (Å²) in [7, 11) is 1.92. The van der Waals surface area contributed by atoms with E-state index in [1.807, 2.05) is 72.4 Å². The first kappa shape index (κ1) is 23.4. The molecule has 0 spiro atoms. The molecule has 34 heavy (non-hydrogen) atoms. The van der Waals surface area contributed by atoms with Crippen LogP contribution in [0.4, 0.5) is 5.69 Å². The van der Waals surface area contributed by atoms with Gasteiger partial charge in [0.15, 0.2) is 0 Å². The summed E-state index contributed by atoms with van der Waals surface area (Å²) in [4.78, 5) is 31.4. The molecule has 1 unspecified atom stereocenters. The highest BCUT2D eigenvalue weighted by atomic mass is 16.5. The van der Waals surface area contributed by atoms with Crippen molar-refractivity contribution in [2.75, 3.05) is 25.0 Å². The molecule has 1 aliphatic heterocycles. The van der Waals surface area contributed by atoms with Gasteiger partial charge in [0, 0.05) is 38.2 Å². The number of aromatic nitrogens is 2. The molecule has 0 radical (unpaired) electrons. The van der Waals surface area contributed by atoms with Gasteiger partial charge >= 0.3 is 0 Å². The van der Waals surface area contributed by atoms with Crippen LogP contribution in [-0.4, -0.2) is 46.0 Å². The standard InChI is InChI=1S/C26H30N4O4/c1-29-16-14-27-24(29)19-34-23-11-9-21(10-12-23)28-26(32)20-6-5-15-30(18-20)25(31)13-17-33-22-7-3-2-4-8-22/h2-4,7-12,14,16,20H,5-6,13,15,17-19H2,1H3,(H,28,32). The Morgan fingerprint density at radius 2 is 1.82 bits per heavy atom. The highest BCUT2D eigenvalue weighted by Crippen LogP contribution is 2.21. The smallest absolute Gasteiger partial charge is 0.229 e. The number of likely N-dealkylation sites (tertiary alicyclic amines) is 1. The van der Waals surface area contributed by atoms with Gasteiger partial charge in [0.25, 0.3) is 0 Å². The van der Waals surface area contributed by atoms with E-state index in [0.29, 0.717) is 44.2 Å². The second kappa shape index (κ2) is 11.4. The Labute approximate surface area is 199 Å². The molecule has 0 saturated carbocycles. The fourth-order valence-electron chi connectivity index (χ4n) is 3.91. The highest BCUT2D eigenvalue weighted by molar-refractivity contribution is 5.93. The van der Waals surface area contributed by atoms with Gasteiger partial charge in [0.05, 0.1) is 18.9 Å². The minimum atomic E-state index is -0.230. The Hall–Kier alpha value is -3.81. The molecule has 1 saturated heterocycles. The molecular weight excluding hydrogens is 432 g/mol. The van der Waals surface area contributed by atoms with Crippen LogP contribution in [0.5, 0.6) is 11.5 Å². The molecular formula is C26H30N4O4. The van der Waals surface area contributed by atoms with E-state index in [1.165, 1.54) is 0 Å². The maximum atomic E-state index is 12.8. The molecule has 2 aromatic carbocycles. The molecule has 3 aromatic rings. The predicted molar refractivity (Wildman–Crippen MR) is 128 cm³/mol. The Morgan fingerprint density at radius 3 is 2.56 bits per heavy atom. The van der Waals surface area contributed by atoms with Crippen LogP contribution in [0.2, 0.25) is 0 Å². The second-order valence-corrected chi connectivity index (χ2v) is 8.35. The SMILES string of the molecule is Cn1ccnc1COc1ccc(NC(=O)C2CCCN(C(=O)CCOc3ccccc3)C2)cc1. The minimum Gasteiger partial charge on any atom is -0.493 e. The zero-order chi connectivity index (χ0) is 23.8. The average molecular weight is 463 g/mol. The van der Waals surface area contributed by atoms with Gasteiger partial charge in [0.2, 0.25) is 11.8 Å². The highest BCUT2D eigenvalue weighted by Gasteiger charge is 2.28. The van der Waals surface area contributed by atoms with Crippen LogP contribution in [0.1, 0.15) is 25.1 Å². The van der Waals surface area contributed by atoms with E-state index in [0.717, 1.165) is 24.4 Å². The molecule has 4 rings (SSSR count). The minimum absolute atomic E-state index is 0.0163. The lowest BCUT2D eigenvalue weighted by Gasteiger charge is -2.32. The topological polar surface area (TPSA) is 85.7 Å². The van der Waals surface area contributed by atoms with Gasteiger partial charge in [-0.3, -0.25) is 9.59 Å². The summed E-state index contributed by atoms with van der Waals surface area (Å²) in [6.45, 7) is 1.80. The molecule has 0 aliphatic carbocycles. The summed E-state index contributed by atoms with van der Waals surface area (Å²) in [6.07, 6.45) is 5.47. The molecule has 1 N–H and O–H groups in total. The quantitative estimate of drug-likeness (QED) is 0.525. The number of hydrogen-bond acceptors (Lipinski definition) is 5. The van der Waals surface area contributed by atoms with Crippen molar-refractivity contribution in [1.29, 1.82) is 0 Å². The lowest BCUT2D eigenvalue weighted by Crippen LogP contribution is -2.44. The number of ether oxygens (including phenoxy) is 2. The number of nitrogens with zero attached hydrogens (tertiary/aromatic N) is 3. The van der Waals surface area contributed by atoms with Crippen LogP contribution in [0.15, 0.2) is 67.0 Å². The number of aryl methyl sites for hydroxylation is 1. The van der Waals surface area contributed by atoms with Crippen molar-refractivity contribution in [3.63, 3.8) is 0 Å². The predicted octanol–water partition coefficient (Wildman–Crippen LogP) is 3.65. The van der Waals surface area contributed by atoms with E-state index in [-0.39, 0.29) is 17.7 Å². The third-order valence-electron chi connectivity index (χ3n) is 5.88. The third-order valence-corrected chi connectivity index (χ3v) is 5.88. The summed E-state index contributed by atoms with van der Waals surface area (Å²) >= 11 is 0. The van der Waals surface area contributed by atoms with E-state index in [2.05, 4.69) is 10.3 Å². The maximum absolute atomic E-state index is 12.8. The number of carbonyl (C=O) groups excluding carboxylic acids is 2. The maximum Gasteiger partial charge on any atom is 0.229 e. The monoisotopic (exact) mass is 462 g/mol. The summed E-state index contributed by atoms with van der Waals surface area (Å²) in [5.41, 5.74) is 0.703. The first-order valence-electron chi connectivity index (χ1n) is 11.5. The summed E-state index contributed by atoms with van der Waals surface area (Å²) < 4.78 is 13.3. The van der Waals surface area contributed by atoms with E-state index >= 15 is 0 Å². The number of anilines is 1. The van der Waals surface area contributed by atoms with Crippen molar-refractivity contribution < 1.29 is 19.1 Å². The van der Waals surface area contributed by atoms with Crippen LogP contribution < -0.4 is 14.8 Å². The summed E-state index contributed by atoms with van der Waals surface area (Å²) in [6, 6.07) is 16.7. The zero-order valence-corrected chi connectivity index (χ0v) is 19.4.